The highest BCUT2D eigenvalue weighted by atomic mass is 79.9. The number of nitrogens with one attached hydrogen (secondary N) is 3. The molecule has 170 valence electrons. The lowest BCUT2D eigenvalue weighted by Gasteiger charge is -2.12. The van der Waals surface area contributed by atoms with E-state index < -0.39 is 11.8 Å². The van der Waals surface area contributed by atoms with Crippen LogP contribution in [0.2, 0.25) is 0 Å². The first-order valence-electron chi connectivity index (χ1n) is 10.0. The molecule has 0 aliphatic carbocycles. The minimum Gasteiger partial charge on any atom is -0.493 e. The van der Waals surface area contributed by atoms with Gasteiger partial charge >= 0.3 is 0 Å². The summed E-state index contributed by atoms with van der Waals surface area (Å²) in [7, 11) is 0. The van der Waals surface area contributed by atoms with Crippen LogP contribution in [0.15, 0.2) is 83.3 Å². The van der Waals surface area contributed by atoms with Gasteiger partial charge in [-0.05, 0) is 66.3 Å². The maximum atomic E-state index is 12.3. The predicted octanol–water partition coefficient (Wildman–Crippen LogP) is 3.79. The summed E-state index contributed by atoms with van der Waals surface area (Å²) >= 11 is 8.37. The molecule has 0 aliphatic heterocycles. The highest BCUT2D eigenvalue weighted by Crippen LogP contribution is 2.16. The number of carbonyl (C=O) groups is 2. The maximum Gasteiger partial charge on any atom is 0.276 e. The van der Waals surface area contributed by atoms with E-state index in [-0.39, 0.29) is 11.7 Å². The van der Waals surface area contributed by atoms with Gasteiger partial charge in [-0.15, -0.1) is 0 Å². The van der Waals surface area contributed by atoms with Gasteiger partial charge in [0, 0.05) is 16.5 Å². The molecule has 0 saturated carbocycles. The summed E-state index contributed by atoms with van der Waals surface area (Å²) in [5.41, 5.74) is 6.44. The monoisotopic (exact) mass is 527 g/mol. The molecule has 0 radical (unpaired) electrons. The standard InChI is InChI=1S/C24H22BrN3O4S/c25-19-8-12-21(13-9-19)32-16-22(29)27-28-24(33)26-23(30)18-6-10-20(11-7-18)31-15-14-17-4-2-1-3-5-17/h1-13H,14-16H2,(H,27,29)(H2,26,28,30,33). The molecule has 3 aromatic rings. The lowest BCUT2D eigenvalue weighted by Crippen LogP contribution is -2.49. The molecule has 0 atom stereocenters. The van der Waals surface area contributed by atoms with Crippen LogP contribution in [0.3, 0.4) is 0 Å². The van der Waals surface area contributed by atoms with E-state index in [1.54, 1.807) is 48.5 Å². The van der Waals surface area contributed by atoms with E-state index in [1.165, 1.54) is 5.56 Å². The SMILES string of the molecule is O=C(COc1ccc(Br)cc1)NNC(=S)NC(=O)c1ccc(OCCc2ccccc2)cc1. The second kappa shape index (κ2) is 12.6. The zero-order chi connectivity index (χ0) is 23.5. The summed E-state index contributed by atoms with van der Waals surface area (Å²) in [6, 6.07) is 23.8. The molecule has 0 aromatic heterocycles. The molecule has 0 aliphatic rings. The van der Waals surface area contributed by atoms with Crippen molar-refractivity contribution in [2.24, 2.45) is 0 Å². The molecular formula is C24H22BrN3O4S. The lowest BCUT2D eigenvalue weighted by molar-refractivity contribution is -0.123. The highest BCUT2D eigenvalue weighted by molar-refractivity contribution is 9.10. The number of carbonyl (C=O) groups excluding carboxylic acids is 2. The third-order valence-electron chi connectivity index (χ3n) is 4.34. The number of benzene rings is 3. The maximum absolute atomic E-state index is 12.3. The molecule has 0 unspecified atom stereocenters. The number of amides is 2. The van der Waals surface area contributed by atoms with Crippen LogP contribution in [0.4, 0.5) is 0 Å². The minimum absolute atomic E-state index is 0.0415. The largest absolute Gasteiger partial charge is 0.493 e. The Morgan fingerprint density at radius 3 is 2.15 bits per heavy atom. The van der Waals surface area contributed by atoms with Gasteiger partial charge in [0.05, 0.1) is 6.61 Å². The van der Waals surface area contributed by atoms with E-state index in [4.69, 9.17) is 21.7 Å². The molecule has 3 N–H and O–H groups in total. The van der Waals surface area contributed by atoms with Crippen LogP contribution in [0.25, 0.3) is 0 Å². The molecule has 0 fully saturated rings. The van der Waals surface area contributed by atoms with Crippen molar-refractivity contribution < 1.29 is 19.1 Å². The molecule has 33 heavy (non-hydrogen) atoms. The predicted molar refractivity (Wildman–Crippen MR) is 133 cm³/mol. The van der Waals surface area contributed by atoms with Gasteiger partial charge in [0.15, 0.2) is 11.7 Å². The number of hydrogen-bond acceptors (Lipinski definition) is 5. The van der Waals surface area contributed by atoms with Crippen LogP contribution < -0.4 is 25.6 Å². The fraction of sp³-hybridized carbons (Fsp3) is 0.125. The molecular weight excluding hydrogens is 506 g/mol. The van der Waals surface area contributed by atoms with Gasteiger partial charge in [-0.3, -0.25) is 25.8 Å². The van der Waals surface area contributed by atoms with Crippen molar-refractivity contribution in [3.05, 3.63) is 94.5 Å². The zero-order valence-electron chi connectivity index (χ0n) is 17.5. The fourth-order valence-electron chi connectivity index (χ4n) is 2.68. The molecule has 0 spiro atoms. The van der Waals surface area contributed by atoms with Gasteiger partial charge in [0.1, 0.15) is 11.5 Å². The van der Waals surface area contributed by atoms with E-state index in [1.807, 2.05) is 30.3 Å². The summed E-state index contributed by atoms with van der Waals surface area (Å²) < 4.78 is 12.0. The number of ether oxygens (including phenoxy) is 2. The smallest absolute Gasteiger partial charge is 0.276 e. The second-order valence-corrected chi connectivity index (χ2v) is 8.13. The average molecular weight is 528 g/mol. The lowest BCUT2D eigenvalue weighted by atomic mass is 10.2. The zero-order valence-corrected chi connectivity index (χ0v) is 19.9. The molecule has 0 saturated heterocycles. The Hall–Kier alpha value is -3.43. The average Bonchev–Trinajstić information content (AvgIpc) is 2.83. The molecule has 3 aromatic carbocycles. The summed E-state index contributed by atoms with van der Waals surface area (Å²) in [6.07, 6.45) is 0.795. The van der Waals surface area contributed by atoms with Crippen molar-refractivity contribution in [1.82, 2.24) is 16.2 Å². The van der Waals surface area contributed by atoms with E-state index in [0.29, 0.717) is 23.7 Å². The van der Waals surface area contributed by atoms with Gasteiger partial charge in [-0.25, -0.2) is 0 Å². The summed E-state index contributed by atoms with van der Waals surface area (Å²) in [5.74, 6) is 0.355. The molecule has 0 heterocycles. The Labute approximate surface area is 205 Å². The number of halogens is 1. The third kappa shape index (κ3) is 8.55. The van der Waals surface area contributed by atoms with Crippen LogP contribution in [0, 0.1) is 0 Å². The van der Waals surface area contributed by atoms with Crippen LogP contribution in [0.5, 0.6) is 11.5 Å². The molecule has 2 amide bonds. The van der Waals surface area contributed by atoms with Crippen LogP contribution in [0.1, 0.15) is 15.9 Å². The Morgan fingerprint density at radius 1 is 0.818 bits per heavy atom. The van der Waals surface area contributed by atoms with Crippen molar-refractivity contribution in [1.29, 1.82) is 0 Å². The molecule has 9 heteroatoms. The number of hydrazine groups is 1. The van der Waals surface area contributed by atoms with Gasteiger partial charge in [0.25, 0.3) is 11.8 Å². The Kier molecular flexibility index (Phi) is 9.22. The van der Waals surface area contributed by atoms with Gasteiger partial charge in [0.2, 0.25) is 0 Å². The first kappa shape index (κ1) is 24.2. The van der Waals surface area contributed by atoms with E-state index in [0.717, 1.165) is 10.9 Å². The van der Waals surface area contributed by atoms with Crippen LogP contribution in [-0.4, -0.2) is 30.1 Å². The summed E-state index contributed by atoms with van der Waals surface area (Å²) in [6.45, 7) is 0.325. The fourth-order valence-corrected chi connectivity index (χ4v) is 3.09. The normalized spacial score (nSPS) is 10.1. The van der Waals surface area contributed by atoms with Crippen molar-refractivity contribution in [2.45, 2.75) is 6.42 Å². The third-order valence-corrected chi connectivity index (χ3v) is 5.08. The van der Waals surface area contributed by atoms with E-state index in [9.17, 15) is 9.59 Å². The molecule has 7 nitrogen and oxygen atoms in total. The van der Waals surface area contributed by atoms with Gasteiger partial charge < -0.3 is 9.47 Å². The van der Waals surface area contributed by atoms with Crippen molar-refractivity contribution in [3.8, 4) is 11.5 Å². The Bertz CT molecular complexity index is 1080. The topological polar surface area (TPSA) is 88.7 Å². The van der Waals surface area contributed by atoms with Crippen molar-refractivity contribution in [2.75, 3.05) is 13.2 Å². The Morgan fingerprint density at radius 2 is 1.45 bits per heavy atom. The van der Waals surface area contributed by atoms with Crippen molar-refractivity contribution >= 4 is 45.1 Å². The van der Waals surface area contributed by atoms with Gasteiger partial charge in [-0.2, -0.15) is 0 Å². The van der Waals surface area contributed by atoms with E-state index >= 15 is 0 Å². The molecule has 0 bridgehead atoms. The number of thiocarbonyl (C=S) groups is 1. The quantitative estimate of drug-likeness (QED) is 0.305. The summed E-state index contributed by atoms with van der Waals surface area (Å²) in [5, 5.41) is 2.45. The first-order chi connectivity index (χ1) is 16.0. The van der Waals surface area contributed by atoms with E-state index in [2.05, 4.69) is 32.1 Å². The minimum atomic E-state index is -0.452. The van der Waals surface area contributed by atoms with Crippen LogP contribution in [-0.2, 0) is 11.2 Å². The number of rotatable bonds is 8. The number of hydrogen-bond donors (Lipinski definition) is 3. The van der Waals surface area contributed by atoms with Crippen molar-refractivity contribution in [3.63, 3.8) is 0 Å². The van der Waals surface area contributed by atoms with Gasteiger partial charge in [-0.1, -0.05) is 46.3 Å². The Balaban J connectivity index is 1.35. The second-order valence-electron chi connectivity index (χ2n) is 6.81. The molecule has 3 rings (SSSR count). The first-order valence-corrected chi connectivity index (χ1v) is 11.2. The van der Waals surface area contributed by atoms with Crippen LogP contribution >= 0.6 is 28.1 Å². The summed E-state index contributed by atoms with van der Waals surface area (Å²) in [4.78, 5) is 24.2. The highest BCUT2D eigenvalue weighted by Gasteiger charge is 2.09.